The second-order valence-electron chi connectivity index (χ2n) is 8.87. The first-order valence-electron chi connectivity index (χ1n) is 11.8. The molecule has 30 heavy (non-hydrogen) atoms. The molecule has 1 aliphatic rings. The predicted octanol–water partition coefficient (Wildman–Crippen LogP) is 5.79. The van der Waals surface area contributed by atoms with Crippen LogP contribution in [0.1, 0.15) is 90.9 Å². The molecular formula is C25H40N2O3. The molecule has 1 amide bonds. The summed E-state index contributed by atoms with van der Waals surface area (Å²) in [5, 5.41) is 1.82. The molecule has 1 aliphatic heterocycles. The second kappa shape index (κ2) is 13.3. The highest BCUT2D eigenvalue weighted by atomic mass is 16.5. The molecule has 0 aromatic heterocycles. The molecule has 0 spiro atoms. The number of hydrazine groups is 1. The van der Waals surface area contributed by atoms with Crippen LogP contribution in [0.5, 0.6) is 0 Å². The molecule has 1 saturated heterocycles. The van der Waals surface area contributed by atoms with Crippen molar-refractivity contribution in [1.82, 2.24) is 5.43 Å². The van der Waals surface area contributed by atoms with Crippen LogP contribution in [0.4, 0.5) is 5.69 Å². The molecule has 0 bridgehead atoms. The summed E-state index contributed by atoms with van der Waals surface area (Å²) >= 11 is 0. The molecule has 2 rings (SSSR count). The quantitative estimate of drug-likeness (QED) is 0.290. The van der Waals surface area contributed by atoms with Gasteiger partial charge < -0.3 is 4.74 Å². The lowest BCUT2D eigenvalue weighted by Gasteiger charge is -2.21. The molecule has 1 unspecified atom stereocenters. The molecule has 1 aromatic rings. The van der Waals surface area contributed by atoms with Crippen molar-refractivity contribution in [3.63, 3.8) is 0 Å². The fraction of sp³-hybridized carbons (Fsp3) is 0.680. The van der Waals surface area contributed by atoms with E-state index in [2.05, 4.69) is 12.3 Å². The van der Waals surface area contributed by atoms with Crippen LogP contribution >= 0.6 is 0 Å². The summed E-state index contributed by atoms with van der Waals surface area (Å²) in [7, 11) is 0. The number of ether oxygens (including phenoxy) is 1. The number of nitrogens with zero attached hydrogens (tertiary/aromatic N) is 1. The van der Waals surface area contributed by atoms with Crippen LogP contribution in [-0.2, 0) is 14.3 Å². The number of nitrogens with one attached hydrogen (secondary N) is 1. The number of hydrogen-bond acceptors (Lipinski definition) is 4. The van der Waals surface area contributed by atoms with Crippen molar-refractivity contribution in [3.05, 3.63) is 30.3 Å². The second-order valence-corrected chi connectivity index (χ2v) is 8.87. The van der Waals surface area contributed by atoms with E-state index in [1.807, 2.05) is 42.3 Å². The van der Waals surface area contributed by atoms with E-state index in [1.54, 1.807) is 0 Å². The SMILES string of the molecule is CCCCCCCCCCCCCC(=O)OCC1(C)CN(c2ccccc2)NC1=O. The Kier molecular flexibility index (Phi) is 10.7. The Morgan fingerprint density at radius 3 is 2.13 bits per heavy atom. The Balaban J connectivity index is 1.53. The summed E-state index contributed by atoms with van der Waals surface area (Å²) in [6.07, 6.45) is 14.3. The van der Waals surface area contributed by atoms with Crippen molar-refractivity contribution in [1.29, 1.82) is 0 Å². The average molecular weight is 417 g/mol. The molecule has 0 aliphatic carbocycles. The number of rotatable bonds is 15. The highest BCUT2D eigenvalue weighted by Crippen LogP contribution is 2.28. The van der Waals surface area contributed by atoms with Gasteiger partial charge in [0.2, 0.25) is 5.91 Å². The molecule has 5 heteroatoms. The van der Waals surface area contributed by atoms with E-state index in [-0.39, 0.29) is 18.5 Å². The Bertz CT molecular complexity index is 635. The van der Waals surface area contributed by atoms with E-state index in [4.69, 9.17) is 4.74 Å². The Hall–Kier alpha value is -2.04. The van der Waals surface area contributed by atoms with Gasteiger partial charge in [-0.1, -0.05) is 89.3 Å². The first kappa shape index (κ1) is 24.2. The smallest absolute Gasteiger partial charge is 0.305 e. The lowest BCUT2D eigenvalue weighted by molar-refractivity contribution is -0.148. The zero-order valence-electron chi connectivity index (χ0n) is 19.0. The number of anilines is 1. The van der Waals surface area contributed by atoms with Crippen molar-refractivity contribution in [2.24, 2.45) is 5.41 Å². The number of para-hydroxylation sites is 1. The Morgan fingerprint density at radius 2 is 1.53 bits per heavy atom. The summed E-state index contributed by atoms with van der Waals surface area (Å²) < 4.78 is 5.45. The van der Waals surface area contributed by atoms with E-state index in [9.17, 15) is 9.59 Å². The topological polar surface area (TPSA) is 58.6 Å². The fourth-order valence-electron chi connectivity index (χ4n) is 3.84. The van der Waals surface area contributed by atoms with Crippen molar-refractivity contribution >= 4 is 17.6 Å². The van der Waals surface area contributed by atoms with Crippen molar-refractivity contribution in [2.45, 2.75) is 90.9 Å². The van der Waals surface area contributed by atoms with Gasteiger partial charge in [0.1, 0.15) is 12.0 Å². The molecule has 1 atom stereocenters. The van der Waals surface area contributed by atoms with Crippen LogP contribution in [0, 0.1) is 5.41 Å². The number of carbonyl (C=O) groups excluding carboxylic acids is 2. The van der Waals surface area contributed by atoms with E-state index in [0.717, 1.165) is 18.5 Å². The number of unbranched alkanes of at least 4 members (excludes halogenated alkanes) is 10. The maximum absolute atomic E-state index is 12.4. The maximum atomic E-state index is 12.4. The summed E-state index contributed by atoms with van der Waals surface area (Å²) in [6, 6.07) is 9.71. The first-order valence-corrected chi connectivity index (χ1v) is 11.8. The zero-order valence-corrected chi connectivity index (χ0v) is 19.0. The molecule has 1 aromatic carbocycles. The van der Waals surface area contributed by atoms with Gasteiger partial charge in [-0.2, -0.15) is 0 Å². The summed E-state index contributed by atoms with van der Waals surface area (Å²) in [6.45, 7) is 4.71. The number of carbonyl (C=O) groups is 2. The van der Waals surface area contributed by atoms with Gasteiger partial charge >= 0.3 is 5.97 Å². The maximum Gasteiger partial charge on any atom is 0.305 e. The van der Waals surface area contributed by atoms with E-state index in [1.165, 1.54) is 57.8 Å². The largest absolute Gasteiger partial charge is 0.464 e. The van der Waals surface area contributed by atoms with Crippen molar-refractivity contribution < 1.29 is 14.3 Å². The van der Waals surface area contributed by atoms with Crippen LogP contribution in [-0.4, -0.2) is 25.0 Å². The van der Waals surface area contributed by atoms with Crippen LogP contribution in [0.3, 0.4) is 0 Å². The van der Waals surface area contributed by atoms with Crippen molar-refractivity contribution in [2.75, 3.05) is 18.2 Å². The minimum atomic E-state index is -0.720. The van der Waals surface area contributed by atoms with Gasteiger partial charge in [-0.05, 0) is 25.5 Å². The average Bonchev–Trinajstić information content (AvgIpc) is 3.06. The van der Waals surface area contributed by atoms with Gasteiger partial charge in [-0.3, -0.25) is 20.0 Å². The highest BCUT2D eigenvalue weighted by Gasteiger charge is 2.43. The molecule has 1 heterocycles. The lowest BCUT2D eigenvalue weighted by atomic mass is 9.92. The number of amides is 1. The number of hydrogen-bond donors (Lipinski definition) is 1. The van der Waals surface area contributed by atoms with E-state index in [0.29, 0.717) is 13.0 Å². The molecule has 0 radical (unpaired) electrons. The Labute approximate surface area is 182 Å². The molecular weight excluding hydrogens is 376 g/mol. The zero-order chi connectivity index (χ0) is 21.7. The minimum Gasteiger partial charge on any atom is -0.464 e. The van der Waals surface area contributed by atoms with Gasteiger partial charge in [-0.15, -0.1) is 0 Å². The normalized spacial score (nSPS) is 18.5. The fourth-order valence-corrected chi connectivity index (χ4v) is 3.84. The van der Waals surface area contributed by atoms with Gasteiger partial charge in [0, 0.05) is 6.42 Å². The van der Waals surface area contributed by atoms with Gasteiger partial charge in [0.05, 0.1) is 12.2 Å². The molecule has 0 saturated carbocycles. The molecule has 1 N–H and O–H groups in total. The number of benzene rings is 1. The molecule has 168 valence electrons. The number of esters is 1. The van der Waals surface area contributed by atoms with Crippen molar-refractivity contribution in [3.8, 4) is 0 Å². The monoisotopic (exact) mass is 416 g/mol. The van der Waals surface area contributed by atoms with Crippen LogP contribution in [0.15, 0.2) is 30.3 Å². The van der Waals surface area contributed by atoms with Gasteiger partial charge in [-0.25, -0.2) is 0 Å². The van der Waals surface area contributed by atoms with Crippen LogP contribution in [0.25, 0.3) is 0 Å². The van der Waals surface area contributed by atoms with Crippen LogP contribution in [0.2, 0.25) is 0 Å². The van der Waals surface area contributed by atoms with E-state index >= 15 is 0 Å². The van der Waals surface area contributed by atoms with Crippen LogP contribution < -0.4 is 10.4 Å². The Morgan fingerprint density at radius 1 is 0.967 bits per heavy atom. The summed E-state index contributed by atoms with van der Waals surface area (Å²) in [5.74, 6) is -0.299. The molecule has 5 nitrogen and oxygen atoms in total. The van der Waals surface area contributed by atoms with Gasteiger partial charge in [0.15, 0.2) is 0 Å². The first-order chi connectivity index (χ1) is 14.5. The minimum absolute atomic E-state index is 0.103. The predicted molar refractivity (Wildman–Crippen MR) is 122 cm³/mol. The summed E-state index contributed by atoms with van der Waals surface area (Å²) in [4.78, 5) is 24.5. The lowest BCUT2D eigenvalue weighted by Crippen LogP contribution is -2.35. The third-order valence-corrected chi connectivity index (χ3v) is 5.90. The third kappa shape index (κ3) is 8.37. The molecule has 1 fully saturated rings. The van der Waals surface area contributed by atoms with Gasteiger partial charge in [0.25, 0.3) is 0 Å². The third-order valence-electron chi connectivity index (χ3n) is 5.90. The highest BCUT2D eigenvalue weighted by molar-refractivity contribution is 5.88. The standard InChI is InChI=1S/C25H40N2O3/c1-3-4-5-6-7-8-9-10-11-12-16-19-23(28)30-21-25(2)20-27(26-24(25)29)22-17-14-13-15-18-22/h13-15,17-18H,3-12,16,19-21H2,1-2H3,(H,26,29). The van der Waals surface area contributed by atoms with E-state index < -0.39 is 5.41 Å². The summed E-state index contributed by atoms with van der Waals surface area (Å²) in [5.41, 5.74) is 3.09.